The minimum absolute atomic E-state index is 0.0392. The Balaban J connectivity index is 2.92. The van der Waals surface area contributed by atoms with Crippen LogP contribution >= 0.6 is 0 Å². The molecule has 0 aliphatic heterocycles. The molecule has 0 bridgehead atoms. The lowest BCUT2D eigenvalue weighted by Crippen LogP contribution is -2.19. The molecule has 5 heteroatoms. The van der Waals surface area contributed by atoms with Crippen LogP contribution in [0.2, 0.25) is 0 Å². The standard InChI is InChI=1S/C13H20N2O3/c1-5-18-12-7-10(14-9-13(2,3)4)6-11(8-12)15(16)17/h6-8,14H,5,9H2,1-4H3. The van der Waals surface area contributed by atoms with Gasteiger partial charge in [-0.25, -0.2) is 0 Å². The third-order valence-electron chi connectivity index (χ3n) is 2.24. The van der Waals surface area contributed by atoms with Crippen molar-refractivity contribution >= 4 is 11.4 Å². The van der Waals surface area contributed by atoms with Crippen LogP contribution in [0.25, 0.3) is 0 Å². The summed E-state index contributed by atoms with van der Waals surface area (Å²) in [5.74, 6) is 0.517. The third-order valence-corrected chi connectivity index (χ3v) is 2.24. The highest BCUT2D eigenvalue weighted by molar-refractivity contribution is 5.56. The molecule has 0 saturated heterocycles. The monoisotopic (exact) mass is 252 g/mol. The minimum Gasteiger partial charge on any atom is -0.494 e. The van der Waals surface area contributed by atoms with Crippen LogP contribution in [0.1, 0.15) is 27.7 Å². The highest BCUT2D eigenvalue weighted by Crippen LogP contribution is 2.27. The molecular weight excluding hydrogens is 232 g/mol. The molecule has 0 aromatic heterocycles. The van der Waals surface area contributed by atoms with Gasteiger partial charge < -0.3 is 10.1 Å². The van der Waals surface area contributed by atoms with E-state index in [1.807, 2.05) is 6.92 Å². The first kappa shape index (κ1) is 14.3. The number of hydrogen-bond donors (Lipinski definition) is 1. The molecule has 0 aliphatic rings. The lowest BCUT2D eigenvalue weighted by Gasteiger charge is -2.19. The number of nitrogens with one attached hydrogen (secondary N) is 1. The van der Waals surface area contributed by atoms with Gasteiger partial charge in [0.15, 0.2) is 0 Å². The number of ether oxygens (including phenoxy) is 1. The Kier molecular flexibility index (Phi) is 4.53. The average molecular weight is 252 g/mol. The van der Waals surface area contributed by atoms with Gasteiger partial charge in [-0.05, 0) is 12.3 Å². The summed E-state index contributed by atoms with van der Waals surface area (Å²) in [6, 6.07) is 4.74. The summed E-state index contributed by atoms with van der Waals surface area (Å²) >= 11 is 0. The van der Waals surface area contributed by atoms with Gasteiger partial charge in [0.05, 0.1) is 17.6 Å². The predicted molar refractivity (Wildman–Crippen MR) is 72.2 cm³/mol. The molecule has 0 atom stereocenters. The smallest absolute Gasteiger partial charge is 0.275 e. The Morgan fingerprint density at radius 1 is 1.33 bits per heavy atom. The number of non-ortho nitro benzene ring substituents is 1. The van der Waals surface area contributed by atoms with Crippen molar-refractivity contribution in [3.8, 4) is 5.75 Å². The fraction of sp³-hybridized carbons (Fsp3) is 0.538. The number of hydrogen-bond acceptors (Lipinski definition) is 4. The summed E-state index contributed by atoms with van der Waals surface area (Å²) in [7, 11) is 0. The molecule has 1 aromatic rings. The SMILES string of the molecule is CCOc1cc(NCC(C)(C)C)cc([N+](=O)[O-])c1. The number of nitrogens with zero attached hydrogens (tertiary/aromatic N) is 1. The molecule has 5 nitrogen and oxygen atoms in total. The third kappa shape index (κ3) is 4.61. The highest BCUT2D eigenvalue weighted by atomic mass is 16.6. The van der Waals surface area contributed by atoms with Crippen molar-refractivity contribution in [1.29, 1.82) is 0 Å². The molecule has 0 heterocycles. The molecule has 0 radical (unpaired) electrons. The topological polar surface area (TPSA) is 64.4 Å². The second-order valence-corrected chi connectivity index (χ2v) is 5.32. The zero-order valence-electron chi connectivity index (χ0n) is 11.3. The van der Waals surface area contributed by atoms with E-state index < -0.39 is 4.92 Å². The summed E-state index contributed by atoms with van der Waals surface area (Å²) in [5, 5.41) is 14.0. The Hall–Kier alpha value is -1.78. The van der Waals surface area contributed by atoms with Gasteiger partial charge in [-0.3, -0.25) is 10.1 Å². The fourth-order valence-corrected chi connectivity index (χ4v) is 1.41. The van der Waals surface area contributed by atoms with Crippen molar-refractivity contribution in [2.75, 3.05) is 18.5 Å². The fourth-order valence-electron chi connectivity index (χ4n) is 1.41. The zero-order valence-corrected chi connectivity index (χ0v) is 11.3. The van der Waals surface area contributed by atoms with E-state index in [0.717, 1.165) is 6.54 Å². The lowest BCUT2D eigenvalue weighted by atomic mass is 9.97. The van der Waals surface area contributed by atoms with Crippen molar-refractivity contribution in [2.45, 2.75) is 27.7 Å². The molecule has 1 rings (SSSR count). The van der Waals surface area contributed by atoms with Crippen molar-refractivity contribution < 1.29 is 9.66 Å². The molecular formula is C13H20N2O3. The van der Waals surface area contributed by atoms with E-state index in [4.69, 9.17) is 4.74 Å². The quantitative estimate of drug-likeness (QED) is 0.644. The van der Waals surface area contributed by atoms with Gasteiger partial charge in [0.2, 0.25) is 0 Å². The van der Waals surface area contributed by atoms with Crippen LogP contribution < -0.4 is 10.1 Å². The number of anilines is 1. The van der Waals surface area contributed by atoms with E-state index in [2.05, 4.69) is 26.1 Å². The number of benzene rings is 1. The predicted octanol–water partition coefficient (Wildman–Crippen LogP) is 3.45. The summed E-state index contributed by atoms with van der Waals surface area (Å²) < 4.78 is 5.32. The number of nitro benzene ring substituents is 1. The molecule has 0 aliphatic carbocycles. The van der Waals surface area contributed by atoms with Crippen molar-refractivity contribution in [3.63, 3.8) is 0 Å². The normalized spacial score (nSPS) is 11.1. The summed E-state index contributed by atoms with van der Waals surface area (Å²) in [6.45, 7) is 9.36. The number of rotatable bonds is 5. The zero-order chi connectivity index (χ0) is 13.8. The van der Waals surface area contributed by atoms with Crippen LogP contribution in [0.15, 0.2) is 18.2 Å². The van der Waals surface area contributed by atoms with Crippen molar-refractivity contribution in [3.05, 3.63) is 28.3 Å². The van der Waals surface area contributed by atoms with Gasteiger partial charge in [-0.1, -0.05) is 20.8 Å². The molecule has 0 spiro atoms. The summed E-state index contributed by atoms with van der Waals surface area (Å²) in [4.78, 5) is 10.4. The first-order chi connectivity index (χ1) is 8.31. The largest absolute Gasteiger partial charge is 0.494 e. The Morgan fingerprint density at radius 3 is 2.50 bits per heavy atom. The van der Waals surface area contributed by atoms with Gasteiger partial charge >= 0.3 is 0 Å². The molecule has 0 saturated carbocycles. The van der Waals surface area contributed by atoms with Gasteiger partial charge in [0.25, 0.3) is 5.69 Å². The maximum Gasteiger partial charge on any atom is 0.275 e. The maximum absolute atomic E-state index is 10.8. The minimum atomic E-state index is -0.412. The van der Waals surface area contributed by atoms with Crippen LogP contribution in [-0.2, 0) is 0 Å². The van der Waals surface area contributed by atoms with Gasteiger partial charge in [-0.15, -0.1) is 0 Å². The van der Waals surface area contributed by atoms with E-state index in [1.165, 1.54) is 12.1 Å². The van der Waals surface area contributed by atoms with E-state index in [0.29, 0.717) is 18.0 Å². The molecule has 1 N–H and O–H groups in total. The van der Waals surface area contributed by atoms with E-state index in [-0.39, 0.29) is 11.1 Å². The Morgan fingerprint density at radius 2 is 2.00 bits per heavy atom. The van der Waals surface area contributed by atoms with Crippen LogP contribution in [0.4, 0.5) is 11.4 Å². The number of nitro groups is 1. The Labute approximate surface area is 107 Å². The summed E-state index contributed by atoms with van der Waals surface area (Å²) in [6.07, 6.45) is 0. The van der Waals surface area contributed by atoms with Crippen LogP contribution in [-0.4, -0.2) is 18.1 Å². The van der Waals surface area contributed by atoms with Crippen molar-refractivity contribution in [1.82, 2.24) is 0 Å². The molecule has 100 valence electrons. The lowest BCUT2D eigenvalue weighted by molar-refractivity contribution is -0.384. The van der Waals surface area contributed by atoms with E-state index in [1.54, 1.807) is 6.07 Å². The van der Waals surface area contributed by atoms with Crippen LogP contribution in [0, 0.1) is 15.5 Å². The van der Waals surface area contributed by atoms with Gasteiger partial charge in [0.1, 0.15) is 5.75 Å². The highest BCUT2D eigenvalue weighted by Gasteiger charge is 2.13. The molecule has 1 aromatic carbocycles. The summed E-state index contributed by atoms with van der Waals surface area (Å²) in [5.41, 5.74) is 0.857. The Bertz CT molecular complexity index is 425. The van der Waals surface area contributed by atoms with Crippen LogP contribution in [0.3, 0.4) is 0 Å². The second kappa shape index (κ2) is 5.71. The van der Waals surface area contributed by atoms with Crippen molar-refractivity contribution in [2.24, 2.45) is 5.41 Å². The first-order valence-corrected chi connectivity index (χ1v) is 5.98. The molecule has 0 amide bonds. The van der Waals surface area contributed by atoms with E-state index in [9.17, 15) is 10.1 Å². The first-order valence-electron chi connectivity index (χ1n) is 5.98. The van der Waals surface area contributed by atoms with Gasteiger partial charge in [-0.2, -0.15) is 0 Å². The van der Waals surface area contributed by atoms with Gasteiger partial charge in [0, 0.05) is 24.4 Å². The molecule has 18 heavy (non-hydrogen) atoms. The van der Waals surface area contributed by atoms with E-state index >= 15 is 0 Å². The molecule has 0 fully saturated rings. The second-order valence-electron chi connectivity index (χ2n) is 5.32. The maximum atomic E-state index is 10.8. The average Bonchev–Trinajstić information content (AvgIpc) is 2.25. The van der Waals surface area contributed by atoms with Crippen LogP contribution in [0.5, 0.6) is 5.75 Å². The molecule has 0 unspecified atom stereocenters.